The van der Waals surface area contributed by atoms with Crippen LogP contribution in [0.3, 0.4) is 0 Å². The second kappa shape index (κ2) is 13.7. The number of anilines is 2. The second-order valence-electron chi connectivity index (χ2n) is 10.6. The van der Waals surface area contributed by atoms with Crippen molar-refractivity contribution < 1.29 is 31.4 Å². The molecule has 0 aliphatic carbocycles. The van der Waals surface area contributed by atoms with Crippen LogP contribution in [0.15, 0.2) is 67.1 Å². The van der Waals surface area contributed by atoms with Gasteiger partial charge in [0.25, 0.3) is 0 Å². The van der Waals surface area contributed by atoms with Crippen LogP contribution in [0.25, 0.3) is 10.9 Å². The van der Waals surface area contributed by atoms with Crippen molar-refractivity contribution in [2.24, 2.45) is 0 Å². The summed E-state index contributed by atoms with van der Waals surface area (Å²) >= 11 is 0. The summed E-state index contributed by atoms with van der Waals surface area (Å²) in [6.07, 6.45) is 4.68. The van der Waals surface area contributed by atoms with E-state index in [1.54, 1.807) is 23.1 Å². The van der Waals surface area contributed by atoms with E-state index in [9.17, 15) is 9.59 Å². The summed E-state index contributed by atoms with van der Waals surface area (Å²) in [5.41, 5.74) is 8.53. The standard InChI is InChI=1S/C28H35N7O3Si.Cu/c1-20(21-10-6-5-7-11-21)34(18-22-12-8-9-13-30-22)28(37)27(36)33-24-17-31-26(29)23-16-32-35(25(23)24)19-38-14-15-39(2,3)4;/h5-13,16-17,20H,14-15,18-19H2,1-4H3,(H2,29,31)(H,33,36);. The molecule has 1 atom stereocenters. The Kier molecular flexibility index (Phi) is 10.6. The molecule has 0 fully saturated rings. The number of ether oxygens (including phenoxy) is 1. The van der Waals surface area contributed by atoms with Crippen LogP contribution in [-0.2, 0) is 44.7 Å². The van der Waals surface area contributed by atoms with Crippen molar-refractivity contribution in [1.82, 2.24) is 24.6 Å². The number of fused-ring (bicyclic) bond motifs is 1. The van der Waals surface area contributed by atoms with Gasteiger partial charge in [-0.2, -0.15) is 5.10 Å². The molecule has 12 heteroatoms. The molecule has 3 N–H and O–H groups in total. The van der Waals surface area contributed by atoms with Gasteiger partial charge in [0.05, 0.1) is 47.3 Å². The number of aromatic nitrogens is 4. The van der Waals surface area contributed by atoms with Gasteiger partial charge < -0.3 is 20.7 Å². The van der Waals surface area contributed by atoms with Gasteiger partial charge in [0.1, 0.15) is 12.5 Å². The number of amides is 2. The topological polar surface area (TPSA) is 128 Å². The van der Waals surface area contributed by atoms with Crippen LogP contribution in [0.5, 0.6) is 0 Å². The van der Waals surface area contributed by atoms with Crippen molar-refractivity contribution in [1.29, 1.82) is 0 Å². The van der Waals surface area contributed by atoms with Gasteiger partial charge in [-0.3, -0.25) is 14.6 Å². The molecule has 1 unspecified atom stereocenters. The van der Waals surface area contributed by atoms with Crippen LogP contribution >= 0.6 is 0 Å². The summed E-state index contributed by atoms with van der Waals surface area (Å²) < 4.78 is 7.49. The van der Waals surface area contributed by atoms with Crippen LogP contribution in [-0.4, -0.2) is 51.1 Å². The molecule has 2 amide bonds. The fourth-order valence-electron chi connectivity index (χ4n) is 4.11. The molecule has 0 bridgehead atoms. The maximum Gasteiger partial charge on any atom is 0.314 e. The van der Waals surface area contributed by atoms with Crippen LogP contribution in [0.2, 0.25) is 25.7 Å². The van der Waals surface area contributed by atoms with E-state index in [0.717, 1.165) is 11.6 Å². The first kappa shape index (κ1) is 31.0. The average Bonchev–Trinajstić information content (AvgIpc) is 3.36. The Labute approximate surface area is 245 Å². The Balaban J connectivity index is 0.00000441. The second-order valence-corrected chi connectivity index (χ2v) is 16.2. The van der Waals surface area contributed by atoms with Crippen LogP contribution in [0.1, 0.15) is 24.2 Å². The van der Waals surface area contributed by atoms with E-state index in [1.165, 1.54) is 11.1 Å². The number of hydrogen-bond donors (Lipinski definition) is 2. The summed E-state index contributed by atoms with van der Waals surface area (Å²) in [6.45, 7) is 9.70. The maximum atomic E-state index is 13.6. The summed E-state index contributed by atoms with van der Waals surface area (Å²) in [7, 11) is -1.25. The number of hydrogen-bond acceptors (Lipinski definition) is 7. The Morgan fingerprint density at radius 2 is 1.80 bits per heavy atom. The van der Waals surface area contributed by atoms with Crippen molar-refractivity contribution in [3.8, 4) is 0 Å². The van der Waals surface area contributed by atoms with E-state index in [1.807, 2.05) is 49.4 Å². The first-order chi connectivity index (χ1) is 18.6. The summed E-state index contributed by atoms with van der Waals surface area (Å²) in [5, 5.41) is 7.70. The van der Waals surface area contributed by atoms with Gasteiger partial charge in [-0.05, 0) is 30.7 Å². The number of nitrogens with two attached hydrogens (primary N) is 1. The van der Waals surface area contributed by atoms with E-state index in [4.69, 9.17) is 10.5 Å². The fraction of sp³-hybridized carbons (Fsp3) is 0.321. The van der Waals surface area contributed by atoms with Crippen LogP contribution in [0, 0.1) is 0 Å². The smallest absolute Gasteiger partial charge is 0.314 e. The van der Waals surface area contributed by atoms with Gasteiger partial charge in [-0.1, -0.05) is 56.0 Å². The van der Waals surface area contributed by atoms with Crippen molar-refractivity contribution in [2.45, 2.75) is 51.9 Å². The molecule has 215 valence electrons. The van der Waals surface area contributed by atoms with Crippen molar-refractivity contribution >= 4 is 42.3 Å². The number of nitrogens with one attached hydrogen (secondary N) is 1. The molecule has 0 saturated carbocycles. The third kappa shape index (κ3) is 7.76. The number of benzene rings is 1. The first-order valence-corrected chi connectivity index (χ1v) is 16.6. The predicted octanol–water partition coefficient (Wildman–Crippen LogP) is 4.45. The van der Waals surface area contributed by atoms with E-state index in [-0.39, 0.29) is 42.2 Å². The van der Waals surface area contributed by atoms with Gasteiger partial charge in [-0.25, -0.2) is 9.67 Å². The summed E-state index contributed by atoms with van der Waals surface area (Å²) in [4.78, 5) is 37.0. The third-order valence-electron chi connectivity index (χ3n) is 6.42. The van der Waals surface area contributed by atoms with Gasteiger partial charge >= 0.3 is 11.8 Å². The van der Waals surface area contributed by atoms with E-state index >= 15 is 0 Å². The molecule has 1 aromatic carbocycles. The monoisotopic (exact) mass is 608 g/mol. The van der Waals surface area contributed by atoms with Gasteiger partial charge in [0.2, 0.25) is 0 Å². The molecule has 0 aliphatic heterocycles. The van der Waals surface area contributed by atoms with Crippen LogP contribution in [0.4, 0.5) is 11.5 Å². The zero-order chi connectivity index (χ0) is 28.0. The normalized spacial score (nSPS) is 12.0. The Hall–Kier alpha value is -3.57. The van der Waals surface area contributed by atoms with Crippen LogP contribution < -0.4 is 11.1 Å². The molecule has 40 heavy (non-hydrogen) atoms. The number of carbonyl (C=O) groups excluding carboxylic acids is 2. The van der Waals surface area contributed by atoms with Gasteiger partial charge in [0, 0.05) is 37.9 Å². The summed E-state index contributed by atoms with van der Waals surface area (Å²) in [5.74, 6) is -1.22. The minimum Gasteiger partial charge on any atom is -0.383 e. The van der Waals surface area contributed by atoms with Crippen molar-refractivity contribution in [3.63, 3.8) is 0 Å². The number of carbonyl (C=O) groups is 2. The van der Waals surface area contributed by atoms with Crippen molar-refractivity contribution in [2.75, 3.05) is 17.7 Å². The zero-order valence-corrected chi connectivity index (χ0v) is 25.0. The molecule has 0 saturated heterocycles. The third-order valence-corrected chi connectivity index (χ3v) is 8.13. The predicted molar refractivity (Wildman–Crippen MR) is 154 cm³/mol. The van der Waals surface area contributed by atoms with Gasteiger partial charge in [0.15, 0.2) is 0 Å². The molecule has 3 aromatic heterocycles. The first-order valence-electron chi connectivity index (χ1n) is 12.9. The number of pyridine rings is 2. The molecule has 10 nitrogen and oxygen atoms in total. The largest absolute Gasteiger partial charge is 0.383 e. The minimum atomic E-state index is -1.25. The minimum absolute atomic E-state index is 0. The quantitative estimate of drug-likeness (QED) is 0.155. The summed E-state index contributed by atoms with van der Waals surface area (Å²) in [6, 6.07) is 15.7. The van der Waals surface area contributed by atoms with E-state index in [0.29, 0.717) is 28.9 Å². The molecule has 1 radical (unpaired) electrons. The fourth-order valence-corrected chi connectivity index (χ4v) is 4.87. The molecule has 3 heterocycles. The molecule has 0 spiro atoms. The molecule has 4 rings (SSSR count). The molecule has 4 aromatic rings. The number of nitrogens with zero attached hydrogens (tertiary/aromatic N) is 5. The van der Waals surface area contributed by atoms with Gasteiger partial charge in [-0.15, -0.1) is 0 Å². The zero-order valence-electron chi connectivity index (χ0n) is 23.1. The maximum absolute atomic E-state index is 13.6. The van der Waals surface area contributed by atoms with Crippen molar-refractivity contribution in [3.05, 3.63) is 78.4 Å². The molecular weight excluding hydrogens is 574 g/mol. The Bertz CT molecular complexity index is 1430. The Morgan fingerprint density at radius 1 is 1.07 bits per heavy atom. The van der Waals surface area contributed by atoms with E-state index < -0.39 is 19.9 Å². The SMILES string of the molecule is CC(c1ccccc1)N(Cc1ccccn1)C(=O)C(=O)Nc1cnc(N)c2cnn(COCC[Si](C)(C)C)c12.[Cu]. The molecular formula is C28H35CuN7O3Si. The van der Waals surface area contributed by atoms with E-state index in [2.05, 4.69) is 40.0 Å². The average molecular weight is 609 g/mol. The number of nitrogen functional groups attached to an aromatic ring is 1. The Morgan fingerprint density at radius 3 is 2.48 bits per heavy atom. The molecule has 0 aliphatic rings. The number of rotatable bonds is 10.